The Kier molecular flexibility index (Phi) is 2.97. The average molecular weight is 314 g/mol. The number of nitrogens with zero attached hydrogens (tertiary/aromatic N) is 3. The van der Waals surface area contributed by atoms with E-state index in [2.05, 4.69) is 9.97 Å². The molecule has 0 amide bonds. The second-order valence-corrected chi connectivity index (χ2v) is 5.36. The van der Waals surface area contributed by atoms with Crippen LogP contribution < -0.4 is 20.7 Å². The van der Waals surface area contributed by atoms with Crippen LogP contribution in [-0.2, 0) is 13.6 Å². The van der Waals surface area contributed by atoms with E-state index >= 15 is 0 Å². The number of nitrogens with one attached hydrogen (secondary N) is 1. The summed E-state index contributed by atoms with van der Waals surface area (Å²) >= 11 is 0. The molecule has 0 saturated heterocycles. The Bertz CT molecular complexity index is 986. The van der Waals surface area contributed by atoms with E-state index < -0.39 is 11.2 Å². The predicted octanol–water partition coefficient (Wildman–Crippen LogP) is 0.263. The van der Waals surface area contributed by atoms with Crippen molar-refractivity contribution in [2.75, 3.05) is 6.61 Å². The zero-order chi connectivity index (χ0) is 16.0. The third-order valence-electron chi connectivity index (χ3n) is 3.81. The van der Waals surface area contributed by atoms with Crippen LogP contribution in [0.2, 0.25) is 0 Å². The van der Waals surface area contributed by atoms with Crippen molar-refractivity contribution >= 4 is 11.2 Å². The Labute approximate surface area is 129 Å². The van der Waals surface area contributed by atoms with E-state index in [1.807, 2.05) is 30.3 Å². The van der Waals surface area contributed by atoms with Gasteiger partial charge in [-0.2, -0.15) is 4.98 Å². The lowest BCUT2D eigenvalue weighted by Gasteiger charge is -2.11. The molecule has 8 heteroatoms. The Hall–Kier alpha value is -3.03. The molecule has 0 saturated carbocycles. The fourth-order valence-corrected chi connectivity index (χ4v) is 2.66. The fourth-order valence-electron chi connectivity index (χ4n) is 2.66. The smallest absolute Gasteiger partial charge is 0.329 e. The van der Waals surface area contributed by atoms with E-state index in [1.165, 1.54) is 4.57 Å². The summed E-state index contributed by atoms with van der Waals surface area (Å²) < 4.78 is 14.4. The standard InChI is InChI=1S/C15H14N4O4/c1-18-12-11(13(20)17-14(18)21)19-7-10(23-15(19)16-12)8-22-9-5-3-2-4-6-9/h2-6,10H,7-8H2,1H3,(H,17,20,21)/t10-/m1/s1. The summed E-state index contributed by atoms with van der Waals surface area (Å²) in [4.78, 5) is 30.2. The number of fused-ring (bicyclic) bond motifs is 3. The van der Waals surface area contributed by atoms with Crippen molar-refractivity contribution in [1.29, 1.82) is 0 Å². The number of imidazole rings is 1. The molecular weight excluding hydrogens is 300 g/mol. The van der Waals surface area contributed by atoms with Gasteiger partial charge < -0.3 is 9.47 Å². The third-order valence-corrected chi connectivity index (χ3v) is 3.81. The lowest BCUT2D eigenvalue weighted by molar-refractivity contribution is 0.144. The van der Waals surface area contributed by atoms with E-state index in [4.69, 9.17) is 9.47 Å². The molecule has 1 aromatic carbocycles. The van der Waals surface area contributed by atoms with Crippen LogP contribution in [0.4, 0.5) is 0 Å². The maximum atomic E-state index is 12.0. The van der Waals surface area contributed by atoms with Gasteiger partial charge in [0.2, 0.25) is 0 Å². The first-order valence-corrected chi connectivity index (χ1v) is 7.17. The van der Waals surface area contributed by atoms with Crippen molar-refractivity contribution < 1.29 is 9.47 Å². The average Bonchev–Trinajstić information content (AvgIpc) is 3.09. The Morgan fingerprint density at radius 3 is 2.91 bits per heavy atom. The van der Waals surface area contributed by atoms with Crippen molar-refractivity contribution in [1.82, 2.24) is 19.1 Å². The highest BCUT2D eigenvalue weighted by Gasteiger charge is 2.29. The molecule has 0 radical (unpaired) electrons. The third kappa shape index (κ3) is 2.19. The molecule has 0 unspecified atom stereocenters. The summed E-state index contributed by atoms with van der Waals surface area (Å²) in [5.41, 5.74) is -0.307. The predicted molar refractivity (Wildman–Crippen MR) is 81.9 cm³/mol. The second kappa shape index (κ2) is 5.01. The highest BCUT2D eigenvalue weighted by molar-refractivity contribution is 5.72. The highest BCUT2D eigenvalue weighted by Crippen LogP contribution is 2.25. The largest absolute Gasteiger partial charge is 0.490 e. The molecule has 0 bridgehead atoms. The number of rotatable bonds is 3. The molecule has 8 nitrogen and oxygen atoms in total. The maximum absolute atomic E-state index is 12.0. The van der Waals surface area contributed by atoms with Gasteiger partial charge in [-0.1, -0.05) is 18.2 Å². The normalized spacial score (nSPS) is 16.3. The number of benzene rings is 1. The van der Waals surface area contributed by atoms with Gasteiger partial charge in [-0.25, -0.2) is 4.79 Å². The van der Waals surface area contributed by atoms with Gasteiger partial charge in [0.05, 0.1) is 6.54 Å². The molecule has 3 heterocycles. The Balaban J connectivity index is 1.60. The van der Waals surface area contributed by atoms with Gasteiger partial charge >= 0.3 is 5.69 Å². The molecule has 2 aromatic heterocycles. The van der Waals surface area contributed by atoms with E-state index in [0.717, 1.165) is 5.75 Å². The van der Waals surface area contributed by atoms with Gasteiger partial charge in [0, 0.05) is 7.05 Å². The number of aryl methyl sites for hydroxylation is 1. The minimum absolute atomic E-state index is 0.237. The van der Waals surface area contributed by atoms with Crippen LogP contribution in [0, 0.1) is 0 Å². The van der Waals surface area contributed by atoms with Crippen LogP contribution in [0.15, 0.2) is 39.9 Å². The van der Waals surface area contributed by atoms with Gasteiger partial charge in [-0.05, 0) is 12.1 Å². The van der Waals surface area contributed by atoms with Crippen molar-refractivity contribution in [2.24, 2.45) is 7.05 Å². The molecule has 1 atom stereocenters. The molecule has 0 spiro atoms. The van der Waals surface area contributed by atoms with Gasteiger partial charge in [-0.15, -0.1) is 0 Å². The summed E-state index contributed by atoms with van der Waals surface area (Å²) in [6.07, 6.45) is -0.237. The molecule has 4 rings (SSSR count). The Morgan fingerprint density at radius 1 is 1.35 bits per heavy atom. The zero-order valence-electron chi connectivity index (χ0n) is 12.4. The SMILES string of the molecule is Cn1c(=O)[nH]c(=O)c2c1nc1n2C[C@H](COc2ccccc2)O1. The summed E-state index contributed by atoms with van der Waals surface area (Å²) in [6, 6.07) is 9.75. The van der Waals surface area contributed by atoms with Crippen LogP contribution in [-0.4, -0.2) is 31.8 Å². The van der Waals surface area contributed by atoms with Gasteiger partial charge in [0.25, 0.3) is 11.6 Å². The summed E-state index contributed by atoms with van der Waals surface area (Å²) in [5.74, 6) is 0.755. The van der Waals surface area contributed by atoms with Gasteiger partial charge in [0.15, 0.2) is 17.3 Å². The molecule has 1 aliphatic rings. The lowest BCUT2D eigenvalue weighted by Crippen LogP contribution is -2.30. The van der Waals surface area contributed by atoms with E-state index in [9.17, 15) is 9.59 Å². The maximum Gasteiger partial charge on any atom is 0.329 e. The van der Waals surface area contributed by atoms with Crippen molar-refractivity contribution in [3.05, 3.63) is 51.2 Å². The van der Waals surface area contributed by atoms with Crippen molar-refractivity contribution in [3.8, 4) is 11.8 Å². The van der Waals surface area contributed by atoms with Crippen LogP contribution in [0.1, 0.15) is 0 Å². The van der Waals surface area contributed by atoms with E-state index in [-0.39, 0.29) is 6.10 Å². The number of ether oxygens (including phenoxy) is 2. The van der Waals surface area contributed by atoms with Crippen LogP contribution in [0.5, 0.6) is 11.8 Å². The second-order valence-electron chi connectivity index (χ2n) is 5.36. The number of H-pyrrole nitrogens is 1. The first-order valence-electron chi connectivity index (χ1n) is 7.17. The van der Waals surface area contributed by atoms with Gasteiger partial charge in [-0.3, -0.25) is 18.9 Å². The molecule has 1 N–H and O–H groups in total. The lowest BCUT2D eigenvalue weighted by atomic mass is 10.3. The van der Waals surface area contributed by atoms with Crippen LogP contribution in [0.3, 0.4) is 0 Å². The molecule has 118 valence electrons. The van der Waals surface area contributed by atoms with Gasteiger partial charge in [0.1, 0.15) is 12.4 Å². The topological polar surface area (TPSA) is 91.1 Å². The zero-order valence-corrected chi connectivity index (χ0v) is 12.4. The summed E-state index contributed by atoms with van der Waals surface area (Å²) in [6.45, 7) is 0.790. The number of para-hydroxylation sites is 1. The molecule has 1 aliphatic heterocycles. The Morgan fingerprint density at radius 2 is 2.13 bits per heavy atom. The van der Waals surface area contributed by atoms with Crippen molar-refractivity contribution in [2.45, 2.75) is 12.6 Å². The molecule has 0 fully saturated rings. The number of hydrogen-bond donors (Lipinski definition) is 1. The van der Waals surface area contributed by atoms with Crippen LogP contribution >= 0.6 is 0 Å². The van der Waals surface area contributed by atoms with E-state index in [1.54, 1.807) is 11.6 Å². The first kappa shape index (κ1) is 13.6. The van der Waals surface area contributed by atoms with Crippen molar-refractivity contribution in [3.63, 3.8) is 0 Å². The quantitative estimate of drug-likeness (QED) is 0.749. The van der Waals surface area contributed by atoms with Crippen LogP contribution in [0.25, 0.3) is 11.2 Å². The number of aromatic nitrogens is 4. The number of hydrogen-bond acceptors (Lipinski definition) is 5. The first-order chi connectivity index (χ1) is 11.1. The summed E-state index contributed by atoms with van der Waals surface area (Å²) in [7, 11) is 1.55. The monoisotopic (exact) mass is 314 g/mol. The number of aromatic amines is 1. The molecule has 3 aromatic rings. The minimum atomic E-state index is -0.497. The molecule has 0 aliphatic carbocycles. The fraction of sp³-hybridized carbons (Fsp3) is 0.267. The van der Waals surface area contributed by atoms with E-state index in [0.29, 0.717) is 30.3 Å². The summed E-state index contributed by atoms with van der Waals surface area (Å²) in [5, 5.41) is 0. The highest BCUT2D eigenvalue weighted by atomic mass is 16.6. The molecular formula is C15H14N4O4. The minimum Gasteiger partial charge on any atom is -0.490 e. The molecule has 23 heavy (non-hydrogen) atoms.